The van der Waals surface area contributed by atoms with E-state index in [0.29, 0.717) is 13.1 Å². The average Bonchev–Trinajstić information content (AvgIpc) is 2.42. The van der Waals surface area contributed by atoms with E-state index in [1.165, 1.54) is 5.56 Å². The fourth-order valence-electron chi connectivity index (χ4n) is 2.21. The third-order valence-electron chi connectivity index (χ3n) is 3.06. The second kappa shape index (κ2) is 4.66. The van der Waals surface area contributed by atoms with E-state index in [1.807, 2.05) is 17.9 Å². The van der Waals surface area contributed by atoms with Crippen LogP contribution in [0.15, 0.2) is 18.2 Å². The van der Waals surface area contributed by atoms with Crippen molar-refractivity contribution in [2.75, 3.05) is 19.6 Å². The molecule has 3 heteroatoms. The van der Waals surface area contributed by atoms with E-state index in [2.05, 4.69) is 12.1 Å². The second-order valence-corrected chi connectivity index (χ2v) is 4.35. The first kappa shape index (κ1) is 11.1. The van der Waals surface area contributed by atoms with Crippen LogP contribution in [0.2, 0.25) is 0 Å². The number of nitrogens with two attached hydrogens (primary N) is 1. The van der Waals surface area contributed by atoms with Gasteiger partial charge in [0.15, 0.2) is 0 Å². The minimum atomic E-state index is 0.140. The quantitative estimate of drug-likeness (QED) is 0.814. The van der Waals surface area contributed by atoms with Crippen LogP contribution in [-0.4, -0.2) is 30.4 Å². The lowest BCUT2D eigenvalue weighted by molar-refractivity contribution is 0.0765. The van der Waals surface area contributed by atoms with Crippen LogP contribution in [0.5, 0.6) is 0 Å². The van der Waals surface area contributed by atoms with Gasteiger partial charge in [-0.05, 0) is 31.4 Å². The SMILES string of the molecule is Cc1ccc2c(c1)C(=O)N(CCN)CCC2. The van der Waals surface area contributed by atoms with Gasteiger partial charge < -0.3 is 10.6 Å². The second-order valence-electron chi connectivity index (χ2n) is 4.35. The van der Waals surface area contributed by atoms with Gasteiger partial charge >= 0.3 is 0 Å². The maximum atomic E-state index is 12.2. The summed E-state index contributed by atoms with van der Waals surface area (Å²) >= 11 is 0. The molecule has 0 unspecified atom stereocenters. The Bertz CT molecular complexity index is 401. The zero-order chi connectivity index (χ0) is 11.5. The van der Waals surface area contributed by atoms with Gasteiger partial charge in [-0.25, -0.2) is 0 Å². The minimum Gasteiger partial charge on any atom is -0.337 e. The molecule has 0 saturated carbocycles. The third-order valence-corrected chi connectivity index (χ3v) is 3.06. The Hall–Kier alpha value is -1.35. The highest BCUT2D eigenvalue weighted by Gasteiger charge is 2.21. The number of carbonyl (C=O) groups excluding carboxylic acids is 1. The number of benzene rings is 1. The van der Waals surface area contributed by atoms with Crippen LogP contribution < -0.4 is 5.73 Å². The molecule has 0 radical (unpaired) electrons. The summed E-state index contributed by atoms with van der Waals surface area (Å²) in [5.74, 6) is 0.140. The number of amides is 1. The van der Waals surface area contributed by atoms with Gasteiger partial charge in [0.25, 0.3) is 5.91 Å². The molecule has 1 amide bonds. The molecule has 2 N–H and O–H groups in total. The first-order chi connectivity index (χ1) is 7.72. The van der Waals surface area contributed by atoms with Gasteiger partial charge in [0.2, 0.25) is 0 Å². The van der Waals surface area contributed by atoms with Gasteiger partial charge in [-0.3, -0.25) is 4.79 Å². The number of aryl methyl sites for hydroxylation is 2. The molecule has 0 aromatic heterocycles. The monoisotopic (exact) mass is 218 g/mol. The Morgan fingerprint density at radius 3 is 3.00 bits per heavy atom. The summed E-state index contributed by atoms with van der Waals surface area (Å²) in [5.41, 5.74) is 8.71. The first-order valence-electron chi connectivity index (χ1n) is 5.81. The van der Waals surface area contributed by atoms with E-state index in [-0.39, 0.29) is 5.91 Å². The lowest BCUT2D eigenvalue weighted by Gasteiger charge is -2.19. The van der Waals surface area contributed by atoms with Crippen LogP contribution in [0.3, 0.4) is 0 Å². The largest absolute Gasteiger partial charge is 0.337 e. The average molecular weight is 218 g/mol. The predicted octanol–water partition coefficient (Wildman–Crippen LogP) is 1.34. The van der Waals surface area contributed by atoms with Crippen molar-refractivity contribution in [1.29, 1.82) is 0 Å². The Labute approximate surface area is 96.2 Å². The molecule has 1 aliphatic rings. The topological polar surface area (TPSA) is 46.3 Å². The minimum absolute atomic E-state index is 0.140. The Morgan fingerprint density at radius 1 is 1.44 bits per heavy atom. The fourth-order valence-corrected chi connectivity index (χ4v) is 2.21. The van der Waals surface area contributed by atoms with Crippen molar-refractivity contribution in [1.82, 2.24) is 4.90 Å². The maximum absolute atomic E-state index is 12.2. The summed E-state index contributed by atoms with van der Waals surface area (Å²) < 4.78 is 0. The molecule has 0 aliphatic carbocycles. The fraction of sp³-hybridized carbons (Fsp3) is 0.462. The number of fused-ring (bicyclic) bond motifs is 1. The summed E-state index contributed by atoms with van der Waals surface area (Å²) in [4.78, 5) is 14.1. The number of carbonyl (C=O) groups is 1. The molecule has 1 heterocycles. The maximum Gasteiger partial charge on any atom is 0.254 e. The lowest BCUT2D eigenvalue weighted by Crippen LogP contribution is -2.35. The Morgan fingerprint density at radius 2 is 2.25 bits per heavy atom. The van der Waals surface area contributed by atoms with Gasteiger partial charge in [0.05, 0.1) is 0 Å². The van der Waals surface area contributed by atoms with Gasteiger partial charge in [-0.15, -0.1) is 0 Å². The number of hydrogen-bond donors (Lipinski definition) is 1. The van der Waals surface area contributed by atoms with Gasteiger partial charge in [0, 0.05) is 25.2 Å². The van der Waals surface area contributed by atoms with Crippen molar-refractivity contribution < 1.29 is 4.79 Å². The van der Waals surface area contributed by atoms with Gasteiger partial charge in [0.1, 0.15) is 0 Å². The number of rotatable bonds is 2. The van der Waals surface area contributed by atoms with E-state index in [1.54, 1.807) is 0 Å². The first-order valence-corrected chi connectivity index (χ1v) is 5.81. The molecule has 0 saturated heterocycles. The molecule has 0 bridgehead atoms. The normalized spacial score (nSPS) is 15.9. The highest BCUT2D eigenvalue weighted by Crippen LogP contribution is 2.19. The summed E-state index contributed by atoms with van der Waals surface area (Å²) in [6, 6.07) is 6.14. The van der Waals surface area contributed by atoms with E-state index in [0.717, 1.165) is 30.5 Å². The van der Waals surface area contributed by atoms with Crippen molar-refractivity contribution in [3.8, 4) is 0 Å². The van der Waals surface area contributed by atoms with E-state index in [9.17, 15) is 4.79 Å². The molecule has 1 aromatic carbocycles. The molecule has 86 valence electrons. The van der Waals surface area contributed by atoms with Crippen LogP contribution in [-0.2, 0) is 6.42 Å². The zero-order valence-corrected chi connectivity index (χ0v) is 9.70. The number of nitrogens with zero attached hydrogens (tertiary/aromatic N) is 1. The molecular formula is C13H18N2O. The van der Waals surface area contributed by atoms with E-state index < -0.39 is 0 Å². The number of hydrogen-bond acceptors (Lipinski definition) is 2. The highest BCUT2D eigenvalue weighted by molar-refractivity contribution is 5.96. The summed E-state index contributed by atoms with van der Waals surface area (Å²) in [6.07, 6.45) is 2.02. The molecule has 0 atom stereocenters. The van der Waals surface area contributed by atoms with E-state index in [4.69, 9.17) is 5.73 Å². The van der Waals surface area contributed by atoms with Crippen molar-refractivity contribution in [3.05, 3.63) is 34.9 Å². The van der Waals surface area contributed by atoms with Crippen molar-refractivity contribution in [2.45, 2.75) is 19.8 Å². The molecule has 2 rings (SSSR count). The Balaban J connectivity index is 2.35. The van der Waals surface area contributed by atoms with Gasteiger partial charge in [-0.1, -0.05) is 17.7 Å². The van der Waals surface area contributed by atoms with Gasteiger partial charge in [-0.2, -0.15) is 0 Å². The van der Waals surface area contributed by atoms with Crippen molar-refractivity contribution in [2.24, 2.45) is 5.73 Å². The van der Waals surface area contributed by atoms with Crippen LogP contribution in [0.4, 0.5) is 0 Å². The molecule has 0 fully saturated rings. The van der Waals surface area contributed by atoms with Crippen LogP contribution in [0.1, 0.15) is 27.9 Å². The molecular weight excluding hydrogens is 200 g/mol. The third kappa shape index (κ3) is 2.09. The molecule has 1 aromatic rings. The standard InChI is InChI=1S/C13H18N2O/c1-10-4-5-11-3-2-7-15(8-6-14)13(16)12(11)9-10/h4-5,9H,2-3,6-8,14H2,1H3. The van der Waals surface area contributed by atoms with Crippen molar-refractivity contribution >= 4 is 5.91 Å². The van der Waals surface area contributed by atoms with E-state index >= 15 is 0 Å². The lowest BCUT2D eigenvalue weighted by atomic mass is 10.0. The predicted molar refractivity (Wildman–Crippen MR) is 64.5 cm³/mol. The molecule has 0 spiro atoms. The summed E-state index contributed by atoms with van der Waals surface area (Å²) in [7, 11) is 0. The summed E-state index contributed by atoms with van der Waals surface area (Å²) in [5, 5.41) is 0. The van der Waals surface area contributed by atoms with Crippen LogP contribution in [0, 0.1) is 6.92 Å². The van der Waals surface area contributed by atoms with Crippen LogP contribution in [0.25, 0.3) is 0 Å². The summed E-state index contributed by atoms with van der Waals surface area (Å²) in [6.45, 7) is 4.04. The smallest absolute Gasteiger partial charge is 0.254 e. The molecule has 16 heavy (non-hydrogen) atoms. The zero-order valence-electron chi connectivity index (χ0n) is 9.70. The Kier molecular flexibility index (Phi) is 3.25. The van der Waals surface area contributed by atoms with Crippen molar-refractivity contribution in [3.63, 3.8) is 0 Å². The van der Waals surface area contributed by atoms with Crippen LogP contribution >= 0.6 is 0 Å². The highest BCUT2D eigenvalue weighted by atomic mass is 16.2. The molecule has 3 nitrogen and oxygen atoms in total. The molecule has 1 aliphatic heterocycles.